The highest BCUT2D eigenvalue weighted by molar-refractivity contribution is 5.82. The normalized spacial score (nSPS) is 12.4. The third-order valence-corrected chi connectivity index (χ3v) is 4.50. The van der Waals surface area contributed by atoms with Crippen LogP contribution in [0.3, 0.4) is 0 Å². The predicted octanol–water partition coefficient (Wildman–Crippen LogP) is 2.53. The van der Waals surface area contributed by atoms with Gasteiger partial charge in [-0.15, -0.1) is 0 Å². The molecule has 1 heterocycles. The van der Waals surface area contributed by atoms with E-state index in [-0.39, 0.29) is 18.4 Å². The summed E-state index contributed by atoms with van der Waals surface area (Å²) in [7, 11) is 1.56. The van der Waals surface area contributed by atoms with Crippen molar-refractivity contribution in [2.75, 3.05) is 13.7 Å². The summed E-state index contributed by atoms with van der Waals surface area (Å²) in [5.74, 6) is 0.982. The summed E-state index contributed by atoms with van der Waals surface area (Å²) in [5, 5.41) is 3.79. The molecule has 1 aromatic carbocycles. The van der Waals surface area contributed by atoms with Gasteiger partial charge < -0.3 is 20.2 Å². The molecule has 2 rings (SSSR count). The van der Waals surface area contributed by atoms with Crippen molar-refractivity contribution in [3.05, 3.63) is 39.7 Å². The minimum Gasteiger partial charge on any atom is -0.497 e. The number of hydrogen-bond donors (Lipinski definition) is 2. The van der Waals surface area contributed by atoms with E-state index in [2.05, 4.69) is 19.2 Å². The molecule has 1 aromatic heterocycles. The monoisotopic (exact) mass is 360 g/mol. The Labute approximate surface area is 153 Å². The molecule has 1 atom stereocenters. The van der Waals surface area contributed by atoms with Crippen LogP contribution in [-0.4, -0.2) is 25.6 Å². The molecule has 0 aliphatic heterocycles. The summed E-state index contributed by atoms with van der Waals surface area (Å²) >= 11 is 0. The van der Waals surface area contributed by atoms with Crippen LogP contribution in [0.5, 0.6) is 5.75 Å². The largest absolute Gasteiger partial charge is 0.497 e. The van der Waals surface area contributed by atoms with Crippen LogP contribution in [0.4, 0.5) is 0 Å². The maximum atomic E-state index is 12.3. The molecule has 3 N–H and O–H groups in total. The number of methoxy groups -OCH3 is 1. The number of hydrogen-bond acceptors (Lipinski definition) is 5. The molecule has 0 saturated heterocycles. The SMILES string of the molecule is COc1ccc2c(C)c(CCC(=O)NC(CN)CC(C)C)c(=O)oc2c1. The van der Waals surface area contributed by atoms with Gasteiger partial charge in [0.15, 0.2) is 0 Å². The molecule has 0 spiro atoms. The van der Waals surface area contributed by atoms with E-state index in [1.54, 1.807) is 13.2 Å². The van der Waals surface area contributed by atoms with Crippen LogP contribution >= 0.6 is 0 Å². The van der Waals surface area contributed by atoms with Crippen molar-refractivity contribution in [1.29, 1.82) is 0 Å². The first-order chi connectivity index (χ1) is 12.3. The summed E-state index contributed by atoms with van der Waals surface area (Å²) in [6, 6.07) is 5.34. The Kier molecular flexibility index (Phi) is 6.80. The average molecular weight is 360 g/mol. The Bertz CT molecular complexity index is 826. The van der Waals surface area contributed by atoms with Gasteiger partial charge in [0.2, 0.25) is 5.91 Å². The van der Waals surface area contributed by atoms with Crippen LogP contribution in [0, 0.1) is 12.8 Å². The Morgan fingerprint density at radius 1 is 1.35 bits per heavy atom. The standard InChI is InChI=1S/C20H28N2O4/c1-12(2)9-14(11-21)22-19(23)8-7-17-13(3)16-6-5-15(25-4)10-18(16)26-20(17)24/h5-6,10,12,14H,7-9,11,21H2,1-4H3,(H,22,23). The predicted molar refractivity (Wildman–Crippen MR) is 103 cm³/mol. The number of nitrogens with two attached hydrogens (primary N) is 1. The zero-order chi connectivity index (χ0) is 19.3. The Morgan fingerprint density at radius 2 is 2.08 bits per heavy atom. The van der Waals surface area contributed by atoms with E-state index in [4.69, 9.17) is 14.9 Å². The lowest BCUT2D eigenvalue weighted by molar-refractivity contribution is -0.121. The highest BCUT2D eigenvalue weighted by atomic mass is 16.5. The quantitative estimate of drug-likeness (QED) is 0.706. The van der Waals surface area contributed by atoms with Gasteiger partial charge in [0, 0.05) is 36.0 Å². The van der Waals surface area contributed by atoms with Crippen molar-refractivity contribution in [1.82, 2.24) is 5.32 Å². The number of fused-ring (bicyclic) bond motifs is 1. The molecule has 0 saturated carbocycles. The van der Waals surface area contributed by atoms with Crippen LogP contribution in [0.15, 0.2) is 27.4 Å². The Hall–Kier alpha value is -2.34. The topological polar surface area (TPSA) is 94.6 Å². The van der Waals surface area contributed by atoms with Crippen LogP contribution in [0.25, 0.3) is 11.0 Å². The van der Waals surface area contributed by atoms with E-state index in [9.17, 15) is 9.59 Å². The fourth-order valence-corrected chi connectivity index (χ4v) is 3.11. The summed E-state index contributed by atoms with van der Waals surface area (Å²) in [6.07, 6.45) is 1.39. The molecule has 0 aliphatic rings. The average Bonchev–Trinajstić information content (AvgIpc) is 2.59. The second-order valence-corrected chi connectivity index (χ2v) is 6.98. The molecule has 0 bridgehead atoms. The number of carbonyl (C=O) groups excluding carboxylic acids is 1. The zero-order valence-electron chi connectivity index (χ0n) is 15.9. The Morgan fingerprint density at radius 3 is 2.69 bits per heavy atom. The van der Waals surface area contributed by atoms with Crippen LogP contribution < -0.4 is 21.4 Å². The maximum Gasteiger partial charge on any atom is 0.339 e. The smallest absolute Gasteiger partial charge is 0.339 e. The maximum absolute atomic E-state index is 12.3. The second-order valence-electron chi connectivity index (χ2n) is 6.98. The van der Waals surface area contributed by atoms with Gasteiger partial charge >= 0.3 is 5.63 Å². The summed E-state index contributed by atoms with van der Waals surface area (Å²) in [6.45, 7) is 6.46. The summed E-state index contributed by atoms with van der Waals surface area (Å²) in [5.41, 5.74) is 7.17. The van der Waals surface area contributed by atoms with Crippen molar-refractivity contribution in [3.8, 4) is 5.75 Å². The molecular formula is C20H28N2O4. The van der Waals surface area contributed by atoms with Gasteiger partial charge in [0.25, 0.3) is 0 Å². The lowest BCUT2D eigenvalue weighted by atomic mass is 10.0. The van der Waals surface area contributed by atoms with Crippen molar-refractivity contribution in [2.45, 2.75) is 46.1 Å². The first-order valence-corrected chi connectivity index (χ1v) is 8.95. The minimum absolute atomic E-state index is 0.0379. The molecule has 142 valence electrons. The van der Waals surface area contributed by atoms with Gasteiger partial charge in [-0.05, 0) is 43.4 Å². The molecule has 6 nitrogen and oxygen atoms in total. The molecule has 0 fully saturated rings. The zero-order valence-corrected chi connectivity index (χ0v) is 15.9. The number of ether oxygens (including phenoxy) is 1. The highest BCUT2D eigenvalue weighted by Crippen LogP contribution is 2.24. The first kappa shape index (κ1) is 20.0. The van der Waals surface area contributed by atoms with E-state index in [0.29, 0.717) is 35.8 Å². The van der Waals surface area contributed by atoms with Gasteiger partial charge in [-0.25, -0.2) is 4.79 Å². The first-order valence-electron chi connectivity index (χ1n) is 8.95. The van der Waals surface area contributed by atoms with E-state index < -0.39 is 5.63 Å². The molecular weight excluding hydrogens is 332 g/mol. The van der Waals surface area contributed by atoms with Crippen molar-refractivity contribution >= 4 is 16.9 Å². The fourth-order valence-electron chi connectivity index (χ4n) is 3.11. The fraction of sp³-hybridized carbons (Fsp3) is 0.500. The number of aryl methyl sites for hydroxylation is 1. The number of benzene rings is 1. The van der Waals surface area contributed by atoms with Crippen molar-refractivity contribution < 1.29 is 13.9 Å². The summed E-state index contributed by atoms with van der Waals surface area (Å²) in [4.78, 5) is 24.6. The van der Waals surface area contributed by atoms with Crippen LogP contribution in [0.1, 0.15) is 37.8 Å². The molecule has 26 heavy (non-hydrogen) atoms. The number of nitrogens with one attached hydrogen (secondary N) is 1. The molecule has 0 radical (unpaired) electrons. The highest BCUT2D eigenvalue weighted by Gasteiger charge is 2.16. The lowest BCUT2D eigenvalue weighted by Crippen LogP contribution is -2.41. The van der Waals surface area contributed by atoms with Gasteiger partial charge in [0.1, 0.15) is 11.3 Å². The van der Waals surface area contributed by atoms with Gasteiger partial charge in [0.05, 0.1) is 7.11 Å². The molecule has 0 aliphatic carbocycles. The van der Waals surface area contributed by atoms with Crippen molar-refractivity contribution in [2.24, 2.45) is 11.7 Å². The Balaban J connectivity index is 2.13. The van der Waals surface area contributed by atoms with Crippen LogP contribution in [0.2, 0.25) is 0 Å². The molecule has 6 heteroatoms. The van der Waals surface area contributed by atoms with Gasteiger partial charge in [-0.1, -0.05) is 13.8 Å². The number of amides is 1. The third kappa shape index (κ3) is 4.85. The summed E-state index contributed by atoms with van der Waals surface area (Å²) < 4.78 is 10.6. The van der Waals surface area contributed by atoms with Crippen molar-refractivity contribution in [3.63, 3.8) is 0 Å². The van der Waals surface area contributed by atoms with Gasteiger partial charge in [-0.2, -0.15) is 0 Å². The number of carbonyl (C=O) groups is 1. The van der Waals surface area contributed by atoms with Crippen LogP contribution in [-0.2, 0) is 11.2 Å². The second kappa shape index (κ2) is 8.85. The minimum atomic E-state index is -0.409. The van der Waals surface area contributed by atoms with E-state index >= 15 is 0 Å². The van der Waals surface area contributed by atoms with E-state index in [1.165, 1.54) is 0 Å². The molecule has 1 amide bonds. The third-order valence-electron chi connectivity index (χ3n) is 4.50. The number of rotatable bonds is 8. The van der Waals surface area contributed by atoms with Gasteiger partial charge in [-0.3, -0.25) is 4.79 Å². The molecule has 1 unspecified atom stereocenters. The van der Waals surface area contributed by atoms with E-state index in [1.807, 2.05) is 19.1 Å². The lowest BCUT2D eigenvalue weighted by Gasteiger charge is -2.18. The molecule has 2 aromatic rings. The van der Waals surface area contributed by atoms with E-state index in [0.717, 1.165) is 17.4 Å².